The van der Waals surface area contributed by atoms with E-state index in [1.54, 1.807) is 12.1 Å². The molecule has 1 atom stereocenters. The molecule has 0 saturated carbocycles. The summed E-state index contributed by atoms with van der Waals surface area (Å²) in [6, 6.07) is 9.05. The van der Waals surface area contributed by atoms with Gasteiger partial charge in [0.2, 0.25) is 5.91 Å². The van der Waals surface area contributed by atoms with Gasteiger partial charge in [-0.05, 0) is 17.7 Å². The molecule has 5 nitrogen and oxygen atoms in total. The lowest BCUT2D eigenvalue weighted by Crippen LogP contribution is -2.36. The Morgan fingerprint density at radius 3 is 2.95 bits per heavy atom. The molecule has 0 unspecified atom stereocenters. The van der Waals surface area contributed by atoms with E-state index in [-0.39, 0.29) is 17.8 Å². The molecular formula is C13H11ClN4O. The number of hydrogen-bond acceptors (Lipinski definition) is 4. The van der Waals surface area contributed by atoms with Crippen molar-refractivity contribution in [2.24, 2.45) is 5.73 Å². The summed E-state index contributed by atoms with van der Waals surface area (Å²) in [6.45, 7) is 0.557. The average Bonchev–Trinajstić information content (AvgIpc) is 2.89. The summed E-state index contributed by atoms with van der Waals surface area (Å²) >= 11 is 5.99. The molecule has 2 aliphatic heterocycles. The van der Waals surface area contributed by atoms with Crippen LogP contribution >= 0.6 is 11.6 Å². The van der Waals surface area contributed by atoms with Gasteiger partial charge in [-0.15, -0.1) is 0 Å². The predicted octanol–water partition coefficient (Wildman–Crippen LogP) is 1.54. The van der Waals surface area contributed by atoms with E-state index < -0.39 is 0 Å². The summed E-state index contributed by atoms with van der Waals surface area (Å²) in [5.41, 5.74) is 7.18. The van der Waals surface area contributed by atoms with E-state index in [0.717, 1.165) is 5.56 Å². The van der Waals surface area contributed by atoms with Crippen LogP contribution in [0.5, 0.6) is 0 Å². The summed E-state index contributed by atoms with van der Waals surface area (Å²) in [6.07, 6.45) is 0.413. The number of nitrogens with zero attached hydrogens (tertiary/aromatic N) is 3. The summed E-state index contributed by atoms with van der Waals surface area (Å²) in [5, 5.41) is 13.1. The van der Waals surface area contributed by atoms with Crippen molar-refractivity contribution in [3.05, 3.63) is 46.2 Å². The Balaban J connectivity index is 2.11. The molecule has 6 heteroatoms. The van der Waals surface area contributed by atoms with Crippen LogP contribution in [0, 0.1) is 11.3 Å². The fraction of sp³-hybridized carbons (Fsp3) is 0.231. The fourth-order valence-electron chi connectivity index (χ4n) is 2.61. The zero-order chi connectivity index (χ0) is 13.6. The monoisotopic (exact) mass is 274 g/mol. The summed E-state index contributed by atoms with van der Waals surface area (Å²) < 4.78 is 0. The van der Waals surface area contributed by atoms with Gasteiger partial charge in [0.1, 0.15) is 11.9 Å². The number of benzene rings is 1. The predicted molar refractivity (Wildman–Crippen MR) is 69.2 cm³/mol. The second kappa shape index (κ2) is 4.26. The Morgan fingerprint density at radius 2 is 2.26 bits per heavy atom. The molecule has 0 aliphatic carbocycles. The molecule has 96 valence electrons. The highest BCUT2D eigenvalue weighted by Gasteiger charge is 2.45. The van der Waals surface area contributed by atoms with Crippen LogP contribution in [0.15, 0.2) is 35.7 Å². The molecule has 0 aromatic heterocycles. The van der Waals surface area contributed by atoms with E-state index in [0.29, 0.717) is 23.6 Å². The third-order valence-corrected chi connectivity index (χ3v) is 3.64. The number of nitriles is 1. The number of fused-ring (bicyclic) bond motifs is 1. The molecule has 2 N–H and O–H groups in total. The minimum Gasteiger partial charge on any atom is -0.383 e. The lowest BCUT2D eigenvalue weighted by Gasteiger charge is -2.26. The lowest BCUT2D eigenvalue weighted by atomic mass is 10.00. The van der Waals surface area contributed by atoms with Crippen molar-refractivity contribution in [2.75, 3.05) is 6.54 Å². The van der Waals surface area contributed by atoms with E-state index in [4.69, 9.17) is 17.3 Å². The second-order valence-electron chi connectivity index (χ2n) is 4.49. The quantitative estimate of drug-likeness (QED) is 0.843. The van der Waals surface area contributed by atoms with Crippen LogP contribution in [0.25, 0.3) is 0 Å². The maximum atomic E-state index is 11.8. The number of hydrazine groups is 1. The molecule has 2 aliphatic rings. The van der Waals surface area contributed by atoms with Crippen LogP contribution in [-0.4, -0.2) is 22.5 Å². The van der Waals surface area contributed by atoms with Crippen LogP contribution in [0.1, 0.15) is 18.0 Å². The highest BCUT2D eigenvalue weighted by atomic mass is 35.5. The largest absolute Gasteiger partial charge is 0.383 e. The summed E-state index contributed by atoms with van der Waals surface area (Å²) in [7, 11) is 0. The molecule has 1 saturated heterocycles. The van der Waals surface area contributed by atoms with Gasteiger partial charge in [-0.2, -0.15) is 10.3 Å². The zero-order valence-corrected chi connectivity index (χ0v) is 10.8. The molecule has 1 fully saturated rings. The average molecular weight is 275 g/mol. The molecule has 0 radical (unpaired) electrons. The number of halogens is 1. The van der Waals surface area contributed by atoms with Crippen molar-refractivity contribution >= 4 is 17.5 Å². The molecule has 1 aromatic rings. The van der Waals surface area contributed by atoms with E-state index in [9.17, 15) is 10.1 Å². The van der Waals surface area contributed by atoms with Gasteiger partial charge in [-0.25, -0.2) is 5.01 Å². The maximum absolute atomic E-state index is 11.8. The van der Waals surface area contributed by atoms with Crippen molar-refractivity contribution in [1.29, 1.82) is 5.26 Å². The molecule has 0 spiro atoms. The topological polar surface area (TPSA) is 73.4 Å². The third-order valence-electron chi connectivity index (χ3n) is 3.41. The van der Waals surface area contributed by atoms with Gasteiger partial charge >= 0.3 is 0 Å². The maximum Gasteiger partial charge on any atom is 0.244 e. The first kappa shape index (κ1) is 12.0. The minimum atomic E-state index is -0.324. The van der Waals surface area contributed by atoms with Gasteiger partial charge in [-0.3, -0.25) is 4.79 Å². The van der Waals surface area contributed by atoms with Crippen molar-refractivity contribution in [2.45, 2.75) is 12.5 Å². The van der Waals surface area contributed by atoms with Crippen LogP contribution in [0.2, 0.25) is 5.02 Å². The highest BCUT2D eigenvalue weighted by Crippen LogP contribution is 2.41. The Hall–Kier alpha value is -2.03. The zero-order valence-electron chi connectivity index (χ0n) is 10.0. The first-order valence-electron chi connectivity index (χ1n) is 5.88. The van der Waals surface area contributed by atoms with Gasteiger partial charge in [0, 0.05) is 18.0 Å². The first-order valence-corrected chi connectivity index (χ1v) is 6.26. The molecule has 0 bridgehead atoms. The highest BCUT2D eigenvalue weighted by molar-refractivity contribution is 6.30. The van der Waals surface area contributed by atoms with E-state index >= 15 is 0 Å². The Morgan fingerprint density at radius 1 is 1.47 bits per heavy atom. The van der Waals surface area contributed by atoms with E-state index in [1.807, 2.05) is 17.1 Å². The smallest absolute Gasteiger partial charge is 0.244 e. The SMILES string of the molecule is N#CC1=C(N)N2C(=O)CCN2[C@@H]1c1cccc(Cl)c1. The number of amides is 1. The fourth-order valence-corrected chi connectivity index (χ4v) is 2.81. The van der Waals surface area contributed by atoms with Crippen molar-refractivity contribution < 1.29 is 4.79 Å². The first-order chi connectivity index (χ1) is 9.13. The van der Waals surface area contributed by atoms with Gasteiger partial charge < -0.3 is 5.73 Å². The van der Waals surface area contributed by atoms with Crippen LogP contribution < -0.4 is 5.73 Å². The van der Waals surface area contributed by atoms with Gasteiger partial charge in [-0.1, -0.05) is 23.7 Å². The summed E-state index contributed by atoms with van der Waals surface area (Å²) in [4.78, 5) is 11.8. The van der Waals surface area contributed by atoms with Crippen LogP contribution in [-0.2, 0) is 4.79 Å². The van der Waals surface area contributed by atoms with Crippen molar-refractivity contribution in [3.63, 3.8) is 0 Å². The Bertz CT molecular complexity index is 634. The number of carbonyl (C=O) groups excluding carboxylic acids is 1. The molecule has 3 rings (SSSR count). The molecular weight excluding hydrogens is 264 g/mol. The van der Waals surface area contributed by atoms with Gasteiger partial charge in [0.25, 0.3) is 0 Å². The Kier molecular flexibility index (Phi) is 2.70. The number of rotatable bonds is 1. The van der Waals surface area contributed by atoms with Gasteiger partial charge in [0.15, 0.2) is 0 Å². The van der Waals surface area contributed by atoms with Crippen molar-refractivity contribution in [1.82, 2.24) is 10.0 Å². The van der Waals surface area contributed by atoms with Crippen LogP contribution in [0.4, 0.5) is 0 Å². The molecule has 2 heterocycles. The van der Waals surface area contributed by atoms with E-state index in [2.05, 4.69) is 6.07 Å². The van der Waals surface area contributed by atoms with Gasteiger partial charge in [0.05, 0.1) is 11.6 Å². The Labute approximate surface area is 115 Å². The number of carbonyl (C=O) groups is 1. The second-order valence-corrected chi connectivity index (χ2v) is 4.92. The van der Waals surface area contributed by atoms with Crippen molar-refractivity contribution in [3.8, 4) is 6.07 Å². The lowest BCUT2D eigenvalue weighted by molar-refractivity contribution is -0.133. The normalized spacial score (nSPS) is 22.8. The molecule has 19 heavy (non-hydrogen) atoms. The molecule has 1 amide bonds. The third kappa shape index (κ3) is 1.69. The minimum absolute atomic E-state index is 0.0743. The number of nitrogens with two attached hydrogens (primary N) is 1. The standard InChI is InChI=1S/C13H11ClN4O/c14-9-3-1-2-8(6-9)12-10(7-15)13(16)18-11(19)4-5-17(12)18/h1-3,6,12H,4-5,16H2/t12-/m1/s1. The molecule has 1 aromatic carbocycles. The number of hydrogen-bond donors (Lipinski definition) is 1. The summed E-state index contributed by atoms with van der Waals surface area (Å²) in [5.74, 6) is 0.157. The van der Waals surface area contributed by atoms with E-state index in [1.165, 1.54) is 5.01 Å². The van der Waals surface area contributed by atoms with Crippen LogP contribution in [0.3, 0.4) is 0 Å².